The van der Waals surface area contributed by atoms with Gasteiger partial charge < -0.3 is 4.90 Å². The number of nitrogens with zero attached hydrogens (tertiary/aromatic N) is 2. The minimum absolute atomic E-state index is 0.188. The molecule has 4 nitrogen and oxygen atoms in total. The second-order valence-corrected chi connectivity index (χ2v) is 8.28. The fourth-order valence-electron chi connectivity index (χ4n) is 4.48. The highest BCUT2D eigenvalue weighted by Gasteiger charge is 2.35. The van der Waals surface area contributed by atoms with Crippen molar-refractivity contribution >= 4 is 28.0 Å². The summed E-state index contributed by atoms with van der Waals surface area (Å²) in [5.74, 6) is 1.41. The lowest BCUT2D eigenvalue weighted by Crippen LogP contribution is -2.47. The topological polar surface area (TPSA) is 49.0 Å². The number of fused-ring (bicyclic) bond motifs is 4. The van der Waals surface area contributed by atoms with Gasteiger partial charge in [-0.25, -0.2) is 0 Å². The largest absolute Gasteiger partial charge is 0.303 e. The zero-order valence-electron chi connectivity index (χ0n) is 14.1. The molecule has 25 heavy (non-hydrogen) atoms. The molecule has 0 unspecified atom stereocenters. The summed E-state index contributed by atoms with van der Waals surface area (Å²) in [7, 11) is 0. The van der Waals surface area contributed by atoms with Gasteiger partial charge in [-0.1, -0.05) is 12.1 Å². The standard InChI is InChI=1S/C20H21N3OS/c24-18(11-15-12-23-7-5-13(15)6-8-23)20-16-10-14(19-2-1-9-25-19)3-4-17(16)21-22-20/h1-4,9-10,13,15H,5-8,11-12H2,(H,21,22)/t15-/m1/s1. The summed E-state index contributed by atoms with van der Waals surface area (Å²) in [5.41, 5.74) is 2.71. The fourth-order valence-corrected chi connectivity index (χ4v) is 5.20. The Morgan fingerprint density at radius 1 is 1.28 bits per heavy atom. The van der Waals surface area contributed by atoms with E-state index in [4.69, 9.17) is 0 Å². The Bertz CT molecular complexity index is 906. The Balaban J connectivity index is 1.44. The first kappa shape index (κ1) is 15.3. The van der Waals surface area contributed by atoms with Crippen LogP contribution in [0.3, 0.4) is 0 Å². The van der Waals surface area contributed by atoms with Gasteiger partial charge in [0.1, 0.15) is 5.69 Å². The number of thiophene rings is 1. The molecule has 0 saturated carbocycles. The van der Waals surface area contributed by atoms with Crippen molar-refractivity contribution in [1.82, 2.24) is 15.1 Å². The monoisotopic (exact) mass is 351 g/mol. The van der Waals surface area contributed by atoms with E-state index in [1.54, 1.807) is 11.3 Å². The van der Waals surface area contributed by atoms with Gasteiger partial charge in [0.05, 0.1) is 5.52 Å². The predicted molar refractivity (Wildman–Crippen MR) is 101 cm³/mol. The van der Waals surface area contributed by atoms with Crippen LogP contribution in [0.15, 0.2) is 35.7 Å². The summed E-state index contributed by atoms with van der Waals surface area (Å²) in [6.07, 6.45) is 3.13. The van der Waals surface area contributed by atoms with Crippen molar-refractivity contribution in [1.29, 1.82) is 0 Å². The van der Waals surface area contributed by atoms with Crippen LogP contribution < -0.4 is 0 Å². The summed E-state index contributed by atoms with van der Waals surface area (Å²) < 4.78 is 0. The quantitative estimate of drug-likeness (QED) is 0.717. The molecule has 1 aromatic carbocycles. The average molecular weight is 351 g/mol. The van der Waals surface area contributed by atoms with Crippen LogP contribution in [0.5, 0.6) is 0 Å². The molecule has 3 aliphatic heterocycles. The summed E-state index contributed by atoms with van der Waals surface area (Å²) in [4.78, 5) is 16.7. The maximum atomic E-state index is 13.0. The zero-order valence-corrected chi connectivity index (χ0v) is 14.9. The van der Waals surface area contributed by atoms with Gasteiger partial charge in [-0.2, -0.15) is 5.10 Å². The Morgan fingerprint density at radius 3 is 2.88 bits per heavy atom. The van der Waals surface area contributed by atoms with Gasteiger partial charge in [0.25, 0.3) is 0 Å². The van der Waals surface area contributed by atoms with E-state index in [0.29, 0.717) is 18.0 Å². The third-order valence-electron chi connectivity index (χ3n) is 5.87. The van der Waals surface area contributed by atoms with Gasteiger partial charge in [0.2, 0.25) is 0 Å². The molecule has 2 bridgehead atoms. The number of nitrogens with one attached hydrogen (secondary N) is 1. The number of rotatable bonds is 4. The van der Waals surface area contributed by atoms with Crippen LogP contribution in [0.1, 0.15) is 29.8 Å². The third-order valence-corrected chi connectivity index (χ3v) is 6.79. The van der Waals surface area contributed by atoms with Crippen molar-refractivity contribution in [3.63, 3.8) is 0 Å². The molecule has 3 aliphatic rings. The molecule has 0 spiro atoms. The first-order chi connectivity index (χ1) is 12.3. The molecule has 1 N–H and O–H groups in total. The van der Waals surface area contributed by atoms with E-state index in [0.717, 1.165) is 28.9 Å². The number of piperidine rings is 3. The molecule has 0 radical (unpaired) electrons. The van der Waals surface area contributed by atoms with Crippen molar-refractivity contribution in [2.24, 2.45) is 11.8 Å². The molecular formula is C20H21N3OS. The maximum absolute atomic E-state index is 13.0. The summed E-state index contributed by atoms with van der Waals surface area (Å²) in [6.45, 7) is 3.51. The number of ketones is 1. The number of Topliss-reactive ketones (excluding diaryl/α,β-unsaturated/α-hetero) is 1. The summed E-state index contributed by atoms with van der Waals surface area (Å²) >= 11 is 1.72. The number of aromatic nitrogens is 2. The molecule has 128 valence electrons. The van der Waals surface area contributed by atoms with Crippen LogP contribution in [0.4, 0.5) is 0 Å². The van der Waals surface area contributed by atoms with Crippen molar-refractivity contribution in [3.8, 4) is 10.4 Å². The average Bonchev–Trinajstić information content (AvgIpc) is 3.32. The molecule has 0 amide bonds. The van der Waals surface area contributed by atoms with Crippen molar-refractivity contribution in [2.45, 2.75) is 19.3 Å². The van der Waals surface area contributed by atoms with E-state index in [9.17, 15) is 4.79 Å². The van der Waals surface area contributed by atoms with Gasteiger partial charge in [-0.05, 0) is 66.9 Å². The number of hydrogen-bond acceptors (Lipinski definition) is 4. The molecule has 6 rings (SSSR count). The van der Waals surface area contributed by atoms with Crippen LogP contribution in [-0.2, 0) is 0 Å². The van der Waals surface area contributed by atoms with Crippen LogP contribution >= 0.6 is 11.3 Å². The molecule has 3 saturated heterocycles. The smallest absolute Gasteiger partial charge is 0.184 e. The number of hydrogen-bond donors (Lipinski definition) is 1. The minimum Gasteiger partial charge on any atom is -0.303 e. The van der Waals surface area contributed by atoms with E-state index in [1.165, 1.54) is 30.8 Å². The van der Waals surface area contributed by atoms with Crippen LogP contribution in [0.2, 0.25) is 0 Å². The maximum Gasteiger partial charge on any atom is 0.184 e. The second kappa shape index (κ2) is 6.07. The zero-order chi connectivity index (χ0) is 16.8. The molecule has 2 aromatic heterocycles. The molecule has 5 heterocycles. The summed E-state index contributed by atoms with van der Waals surface area (Å²) in [5, 5.41) is 10.4. The number of H-pyrrole nitrogens is 1. The summed E-state index contributed by atoms with van der Waals surface area (Å²) in [6, 6.07) is 10.4. The normalized spacial score (nSPS) is 25.5. The Kier molecular flexibility index (Phi) is 3.71. The van der Waals surface area contributed by atoms with E-state index < -0.39 is 0 Å². The Labute approximate surface area is 150 Å². The molecule has 1 atom stereocenters. The molecule has 0 aliphatic carbocycles. The molecule has 3 fully saturated rings. The lowest BCUT2D eigenvalue weighted by atomic mass is 9.76. The Morgan fingerprint density at radius 2 is 2.16 bits per heavy atom. The minimum atomic E-state index is 0.188. The van der Waals surface area contributed by atoms with Gasteiger partial charge in [0, 0.05) is 23.2 Å². The van der Waals surface area contributed by atoms with E-state index in [1.807, 2.05) is 6.07 Å². The van der Waals surface area contributed by atoms with Gasteiger partial charge in [0.15, 0.2) is 5.78 Å². The fraction of sp³-hybridized carbons (Fsp3) is 0.400. The third kappa shape index (κ3) is 2.71. The van der Waals surface area contributed by atoms with E-state index in [2.05, 4.69) is 44.7 Å². The number of benzene rings is 1. The van der Waals surface area contributed by atoms with Crippen LogP contribution in [0, 0.1) is 11.8 Å². The van der Waals surface area contributed by atoms with Crippen molar-refractivity contribution < 1.29 is 4.79 Å². The highest BCUT2D eigenvalue weighted by Crippen LogP contribution is 2.35. The molecule has 5 heteroatoms. The predicted octanol–water partition coefficient (Wildman–Crippen LogP) is 4.21. The van der Waals surface area contributed by atoms with Gasteiger partial charge in [-0.3, -0.25) is 9.89 Å². The van der Waals surface area contributed by atoms with Crippen molar-refractivity contribution in [3.05, 3.63) is 41.4 Å². The number of carbonyl (C=O) groups excluding carboxylic acids is 1. The van der Waals surface area contributed by atoms with Crippen LogP contribution in [0.25, 0.3) is 21.3 Å². The Hall–Kier alpha value is -1.98. The van der Waals surface area contributed by atoms with E-state index >= 15 is 0 Å². The lowest BCUT2D eigenvalue weighted by Gasteiger charge is -2.44. The highest BCUT2D eigenvalue weighted by atomic mass is 32.1. The molecule has 3 aromatic rings. The van der Waals surface area contributed by atoms with Gasteiger partial charge >= 0.3 is 0 Å². The first-order valence-electron chi connectivity index (χ1n) is 9.05. The lowest BCUT2D eigenvalue weighted by molar-refractivity contribution is 0.0440. The first-order valence-corrected chi connectivity index (χ1v) is 9.93. The highest BCUT2D eigenvalue weighted by molar-refractivity contribution is 7.13. The van der Waals surface area contributed by atoms with Crippen LogP contribution in [-0.4, -0.2) is 40.5 Å². The SMILES string of the molecule is O=C(C[C@@H]1CN2CCC1CC2)c1n[nH]c2ccc(-c3cccs3)cc12. The van der Waals surface area contributed by atoms with Gasteiger partial charge in [-0.15, -0.1) is 11.3 Å². The van der Waals surface area contributed by atoms with E-state index in [-0.39, 0.29) is 5.78 Å². The molecular weight excluding hydrogens is 330 g/mol. The number of aromatic amines is 1. The van der Waals surface area contributed by atoms with Crippen molar-refractivity contribution in [2.75, 3.05) is 19.6 Å². The number of carbonyl (C=O) groups is 1. The second-order valence-electron chi connectivity index (χ2n) is 7.34.